The number of aryl methyl sites for hydroxylation is 1. The van der Waals surface area contributed by atoms with Gasteiger partial charge in [-0.25, -0.2) is 0 Å². The number of hydrogen-bond donors (Lipinski definition) is 0. The molecule has 0 spiro atoms. The van der Waals surface area contributed by atoms with E-state index in [4.69, 9.17) is 0 Å². The van der Waals surface area contributed by atoms with Crippen LogP contribution in [0.25, 0.3) is 11.1 Å². The largest absolute Gasteiger partial charge is 0.0619 e. The molecule has 101 valence electrons. The van der Waals surface area contributed by atoms with E-state index in [0.29, 0.717) is 0 Å². The van der Waals surface area contributed by atoms with Crippen molar-refractivity contribution in [2.45, 2.75) is 44.9 Å². The Labute approximate surface area is 121 Å². The fourth-order valence-electron chi connectivity index (χ4n) is 3.83. The summed E-state index contributed by atoms with van der Waals surface area (Å²) in [5, 5.41) is 0. The van der Waals surface area contributed by atoms with Crippen LogP contribution in [0.3, 0.4) is 0 Å². The summed E-state index contributed by atoms with van der Waals surface area (Å²) in [6.45, 7) is 0. The fourth-order valence-corrected chi connectivity index (χ4v) is 3.83. The Bertz CT molecular complexity index is 636. The van der Waals surface area contributed by atoms with Gasteiger partial charge in [0, 0.05) is 6.42 Å². The highest BCUT2D eigenvalue weighted by atomic mass is 14.3. The molecule has 2 aromatic rings. The predicted octanol–water partition coefficient (Wildman–Crippen LogP) is 5.32. The number of benzene rings is 2. The molecule has 0 saturated carbocycles. The third-order valence-corrected chi connectivity index (χ3v) is 4.86. The van der Waals surface area contributed by atoms with Gasteiger partial charge < -0.3 is 0 Å². The minimum atomic E-state index is 1.26. The molecule has 0 amide bonds. The summed E-state index contributed by atoms with van der Waals surface area (Å²) in [7, 11) is 0. The number of hydrogen-bond acceptors (Lipinski definition) is 0. The summed E-state index contributed by atoms with van der Waals surface area (Å²) in [6.07, 6.45) is 11.8. The molecule has 2 aliphatic rings. The number of rotatable bonds is 0. The average molecular weight is 261 g/mol. The van der Waals surface area contributed by atoms with Gasteiger partial charge in [-0.3, -0.25) is 0 Å². The van der Waals surface area contributed by atoms with Crippen LogP contribution in [0.1, 0.15) is 54.4 Å². The Morgan fingerprint density at radius 2 is 1.45 bits per heavy atom. The van der Waals surface area contributed by atoms with Gasteiger partial charge in [0.1, 0.15) is 0 Å². The molecule has 0 bridgehead atoms. The van der Waals surface area contributed by atoms with Crippen LogP contribution in [0.4, 0.5) is 0 Å². The van der Waals surface area contributed by atoms with Crippen molar-refractivity contribution in [2.24, 2.45) is 0 Å². The zero-order chi connectivity index (χ0) is 13.4. The van der Waals surface area contributed by atoms with Gasteiger partial charge in [-0.1, -0.05) is 55.7 Å². The van der Waals surface area contributed by atoms with Crippen LogP contribution in [0, 0.1) is 6.42 Å². The van der Waals surface area contributed by atoms with E-state index >= 15 is 0 Å². The van der Waals surface area contributed by atoms with Crippen molar-refractivity contribution in [1.29, 1.82) is 0 Å². The van der Waals surface area contributed by atoms with Crippen molar-refractivity contribution >= 4 is 0 Å². The minimum absolute atomic E-state index is 1.26. The van der Waals surface area contributed by atoms with Gasteiger partial charge in [0.05, 0.1) is 0 Å². The van der Waals surface area contributed by atoms with E-state index in [1.165, 1.54) is 61.6 Å². The van der Waals surface area contributed by atoms with Crippen molar-refractivity contribution in [1.82, 2.24) is 0 Å². The summed E-state index contributed by atoms with van der Waals surface area (Å²) in [5.41, 5.74) is 9.08. The Balaban J connectivity index is 1.87. The van der Waals surface area contributed by atoms with Crippen molar-refractivity contribution < 1.29 is 0 Å². The van der Waals surface area contributed by atoms with Crippen LogP contribution < -0.4 is 0 Å². The maximum atomic E-state index is 2.39. The van der Waals surface area contributed by atoms with E-state index in [1.54, 1.807) is 16.7 Å². The first-order valence-corrected chi connectivity index (χ1v) is 8.02. The molecule has 1 radical (unpaired) electrons. The van der Waals surface area contributed by atoms with E-state index in [2.05, 4.69) is 42.8 Å². The second kappa shape index (κ2) is 5.09. The molecular weight excluding hydrogens is 240 g/mol. The van der Waals surface area contributed by atoms with Gasteiger partial charge in [0.2, 0.25) is 0 Å². The van der Waals surface area contributed by atoms with Crippen molar-refractivity contribution in [3.8, 4) is 11.1 Å². The summed E-state index contributed by atoms with van der Waals surface area (Å²) in [6, 6.07) is 13.6. The molecular formula is C20H21. The minimum Gasteiger partial charge on any atom is -0.0619 e. The van der Waals surface area contributed by atoms with Gasteiger partial charge in [0.15, 0.2) is 0 Å². The molecule has 0 fully saturated rings. The SMILES string of the molecule is [CH]1c2ccccc2-c2c1ccc1c2CCCCCCC1. The first-order valence-electron chi connectivity index (χ1n) is 8.02. The van der Waals surface area contributed by atoms with Crippen molar-refractivity contribution in [3.63, 3.8) is 0 Å². The fraction of sp³-hybridized carbons (Fsp3) is 0.350. The lowest BCUT2D eigenvalue weighted by atomic mass is 9.90. The van der Waals surface area contributed by atoms with E-state index in [-0.39, 0.29) is 0 Å². The highest BCUT2D eigenvalue weighted by Crippen LogP contribution is 2.42. The summed E-state index contributed by atoms with van der Waals surface area (Å²) >= 11 is 0. The molecule has 2 aliphatic carbocycles. The van der Waals surface area contributed by atoms with E-state index in [0.717, 1.165) is 0 Å². The van der Waals surface area contributed by atoms with Crippen molar-refractivity contribution in [3.05, 3.63) is 65.1 Å². The first kappa shape index (κ1) is 12.2. The zero-order valence-electron chi connectivity index (χ0n) is 12.0. The van der Waals surface area contributed by atoms with Gasteiger partial charge >= 0.3 is 0 Å². The monoisotopic (exact) mass is 261 g/mol. The van der Waals surface area contributed by atoms with Crippen LogP contribution in [-0.2, 0) is 12.8 Å². The molecule has 0 nitrogen and oxygen atoms in total. The normalized spacial score (nSPS) is 17.4. The Morgan fingerprint density at radius 3 is 2.40 bits per heavy atom. The zero-order valence-corrected chi connectivity index (χ0v) is 12.0. The lowest BCUT2D eigenvalue weighted by Gasteiger charge is -2.14. The quantitative estimate of drug-likeness (QED) is 0.514. The highest BCUT2D eigenvalue weighted by Gasteiger charge is 2.23. The van der Waals surface area contributed by atoms with E-state index in [1.807, 2.05) is 0 Å². The molecule has 0 aromatic heterocycles. The van der Waals surface area contributed by atoms with Crippen LogP contribution in [0.2, 0.25) is 0 Å². The molecule has 0 atom stereocenters. The maximum Gasteiger partial charge on any atom is 0.0212 e. The van der Waals surface area contributed by atoms with Crippen LogP contribution in [0.15, 0.2) is 36.4 Å². The summed E-state index contributed by atoms with van der Waals surface area (Å²) in [4.78, 5) is 0. The van der Waals surface area contributed by atoms with Crippen LogP contribution in [-0.4, -0.2) is 0 Å². The molecule has 0 N–H and O–H groups in total. The van der Waals surface area contributed by atoms with Crippen LogP contribution >= 0.6 is 0 Å². The highest BCUT2D eigenvalue weighted by molar-refractivity contribution is 5.84. The Hall–Kier alpha value is -1.56. The molecule has 0 heterocycles. The van der Waals surface area contributed by atoms with Gasteiger partial charge in [-0.2, -0.15) is 0 Å². The summed E-state index contributed by atoms with van der Waals surface area (Å²) in [5.74, 6) is 0. The topological polar surface area (TPSA) is 0 Å². The molecule has 0 heteroatoms. The number of fused-ring (bicyclic) bond motifs is 5. The standard InChI is InChI=1S/C20H21/c1-2-4-8-15-12-13-17-14-16-9-6-7-11-19(16)20(17)18(15)10-5-3-1/h6-7,9,11-14H,1-5,8,10H2. The molecule has 0 saturated heterocycles. The second-order valence-corrected chi connectivity index (χ2v) is 6.17. The Morgan fingerprint density at radius 1 is 0.650 bits per heavy atom. The third-order valence-electron chi connectivity index (χ3n) is 4.86. The molecule has 20 heavy (non-hydrogen) atoms. The van der Waals surface area contributed by atoms with Gasteiger partial charge in [0.25, 0.3) is 0 Å². The van der Waals surface area contributed by atoms with Crippen molar-refractivity contribution in [2.75, 3.05) is 0 Å². The smallest absolute Gasteiger partial charge is 0.0212 e. The maximum absolute atomic E-state index is 2.39. The van der Waals surface area contributed by atoms with Gasteiger partial charge in [-0.05, 0) is 59.1 Å². The van der Waals surface area contributed by atoms with E-state index < -0.39 is 0 Å². The first-order chi connectivity index (χ1) is 9.93. The predicted molar refractivity (Wildman–Crippen MR) is 84.9 cm³/mol. The van der Waals surface area contributed by atoms with E-state index in [9.17, 15) is 0 Å². The average Bonchev–Trinajstić information content (AvgIpc) is 2.90. The van der Waals surface area contributed by atoms with Gasteiger partial charge in [-0.15, -0.1) is 0 Å². The Kier molecular flexibility index (Phi) is 3.10. The molecule has 4 rings (SSSR count). The van der Waals surface area contributed by atoms with Crippen LogP contribution in [0.5, 0.6) is 0 Å². The molecule has 0 aliphatic heterocycles. The molecule has 0 unspecified atom stereocenters. The third kappa shape index (κ3) is 1.98. The summed E-state index contributed by atoms with van der Waals surface area (Å²) < 4.78 is 0. The lowest BCUT2D eigenvalue weighted by Crippen LogP contribution is -1.98. The molecule has 2 aromatic carbocycles. The second-order valence-electron chi connectivity index (χ2n) is 6.17. The lowest BCUT2D eigenvalue weighted by molar-refractivity contribution is 0.629.